The van der Waals surface area contributed by atoms with Gasteiger partial charge in [0, 0.05) is 22.3 Å². The molecule has 0 atom stereocenters. The van der Waals surface area contributed by atoms with Gasteiger partial charge in [-0.05, 0) is 123 Å². The molecular weight excluding hydrogens is 963 g/mol. The number of unbranched alkanes of at least 4 members (excludes halogenated alkanes) is 29. The van der Waals surface area contributed by atoms with Crippen LogP contribution in [0.2, 0.25) is 9.79 Å². The van der Waals surface area contributed by atoms with Crippen molar-refractivity contribution in [3.05, 3.63) is 85.5 Å². The summed E-state index contributed by atoms with van der Waals surface area (Å²) >= 11 is 1.07. The Hall–Kier alpha value is -1.82. The Morgan fingerprint density at radius 1 is 0.333 bits per heavy atom. The van der Waals surface area contributed by atoms with Crippen molar-refractivity contribution in [2.75, 3.05) is 0 Å². The molecule has 0 saturated heterocycles. The van der Waals surface area contributed by atoms with Crippen LogP contribution in [0.3, 0.4) is 0 Å². The van der Waals surface area contributed by atoms with Gasteiger partial charge in [0.1, 0.15) is 0 Å². The van der Waals surface area contributed by atoms with Crippen LogP contribution in [0.25, 0.3) is 16.9 Å². The number of benzene rings is 2. The molecule has 0 radical (unpaired) electrons. The molecule has 0 bridgehead atoms. The Kier molecular flexibility index (Phi) is 40.8. The fourth-order valence-corrected chi connectivity index (χ4v) is 12.8. The van der Waals surface area contributed by atoms with Crippen LogP contribution in [0.4, 0.5) is 0 Å². The SMILES string of the molecule is CCCCCCCCCCCCCCCCCCCCCCCCCCCC1=C(c2cc(CCC)c(CCC)c(CCC)c2)[N+](=[N-])C(c2cc(C)c(C)c(C)c2)=C1CCCCCCCC.CC[CH2][Pd][CH2]CC. The van der Waals surface area contributed by atoms with Gasteiger partial charge in [-0.25, -0.2) is 4.70 Å². The Labute approximate surface area is 459 Å². The van der Waals surface area contributed by atoms with E-state index in [1.807, 2.05) is 0 Å². The molecule has 2 aromatic rings. The van der Waals surface area contributed by atoms with Crippen LogP contribution in [0.15, 0.2) is 35.4 Å². The average molecular weight is 1080 g/mol. The van der Waals surface area contributed by atoms with Gasteiger partial charge in [0.25, 0.3) is 0 Å². The minimum atomic E-state index is 1.04. The predicted molar refractivity (Wildman–Crippen MR) is 320 cm³/mol. The van der Waals surface area contributed by atoms with Crippen molar-refractivity contribution in [3.63, 3.8) is 0 Å². The van der Waals surface area contributed by atoms with E-state index in [-0.39, 0.29) is 0 Å². The summed E-state index contributed by atoms with van der Waals surface area (Å²) in [4.78, 5) is 2.95. The van der Waals surface area contributed by atoms with E-state index < -0.39 is 0 Å². The normalized spacial score (nSPS) is 12.8. The van der Waals surface area contributed by atoms with Crippen LogP contribution < -0.4 is 0 Å². The number of aryl methyl sites for hydroxylation is 4. The zero-order valence-electron chi connectivity index (χ0n) is 49.9. The van der Waals surface area contributed by atoms with E-state index in [9.17, 15) is 5.53 Å². The van der Waals surface area contributed by atoms with Gasteiger partial charge in [0.15, 0.2) is 0 Å². The maximum atomic E-state index is 12.6. The van der Waals surface area contributed by atoms with E-state index in [2.05, 4.69) is 93.5 Å². The second kappa shape index (κ2) is 44.3. The number of allylic oxidation sites excluding steroid dienone is 2. The van der Waals surface area contributed by atoms with Crippen molar-refractivity contribution >= 4 is 11.4 Å². The van der Waals surface area contributed by atoms with Crippen LogP contribution in [0, 0.1) is 20.8 Å². The summed E-state index contributed by atoms with van der Waals surface area (Å²) in [6, 6.07) is 9.67. The van der Waals surface area contributed by atoms with Gasteiger partial charge in [-0.15, -0.1) is 0 Å². The molecule has 0 saturated carbocycles. The summed E-state index contributed by atoms with van der Waals surface area (Å²) in [5.41, 5.74) is 28.6. The molecule has 0 spiro atoms. The molecule has 0 N–H and O–H groups in total. The number of hydrogen-bond donors (Lipinski definition) is 0. The molecule has 3 heteroatoms. The van der Waals surface area contributed by atoms with E-state index in [0.29, 0.717) is 0 Å². The van der Waals surface area contributed by atoms with Crippen LogP contribution in [-0.2, 0) is 37.2 Å². The molecule has 0 amide bonds. The first-order valence-corrected chi connectivity index (χ1v) is 34.1. The second-order valence-corrected chi connectivity index (χ2v) is 24.8. The molecule has 0 fully saturated rings. The third-order valence-electron chi connectivity index (χ3n) is 15.7. The number of hydrogen-bond acceptors (Lipinski definition) is 0. The molecule has 3 rings (SSSR count). The summed E-state index contributed by atoms with van der Waals surface area (Å²) in [5, 5.41) is 0. The summed E-state index contributed by atoms with van der Waals surface area (Å²) in [5.74, 6) is 0. The zero-order chi connectivity index (χ0) is 52.4. The first-order chi connectivity index (χ1) is 35.2. The third-order valence-corrected chi connectivity index (χ3v) is 18.3. The average Bonchev–Trinajstić information content (AvgIpc) is 3.65. The summed E-state index contributed by atoms with van der Waals surface area (Å²) in [6.07, 6.45) is 55.0. The summed E-state index contributed by atoms with van der Waals surface area (Å²) in [7, 11) is 0. The Morgan fingerprint density at radius 3 is 0.917 bits per heavy atom. The van der Waals surface area contributed by atoms with Gasteiger partial charge < -0.3 is 5.53 Å². The Bertz CT molecular complexity index is 1690. The molecule has 1 heterocycles. The van der Waals surface area contributed by atoms with E-state index in [4.69, 9.17) is 0 Å². The van der Waals surface area contributed by atoms with Crippen molar-refractivity contribution in [2.24, 2.45) is 0 Å². The summed E-state index contributed by atoms with van der Waals surface area (Å²) in [6.45, 7) is 22.8. The maximum absolute atomic E-state index is 12.6. The van der Waals surface area contributed by atoms with Crippen molar-refractivity contribution in [3.8, 4) is 0 Å². The van der Waals surface area contributed by atoms with Crippen molar-refractivity contribution < 1.29 is 22.7 Å². The predicted octanol–water partition coefficient (Wildman–Crippen LogP) is 24.3. The van der Waals surface area contributed by atoms with Crippen LogP contribution in [-0.4, -0.2) is 4.70 Å². The first kappa shape index (κ1) is 66.3. The quantitative estimate of drug-likeness (QED) is 0.0359. The van der Waals surface area contributed by atoms with Crippen LogP contribution in [0.5, 0.6) is 0 Å². The van der Waals surface area contributed by atoms with Gasteiger partial charge in [-0.1, -0.05) is 240 Å². The van der Waals surface area contributed by atoms with Crippen LogP contribution in [0.1, 0.15) is 337 Å². The molecule has 1 aliphatic rings. The molecule has 2 aromatic carbocycles. The second-order valence-electron chi connectivity index (χ2n) is 22.5. The van der Waals surface area contributed by atoms with Crippen LogP contribution >= 0.6 is 0 Å². The van der Waals surface area contributed by atoms with Gasteiger partial charge in [0.05, 0.1) is 0 Å². The van der Waals surface area contributed by atoms with Crippen molar-refractivity contribution in [1.82, 2.24) is 0 Å². The van der Waals surface area contributed by atoms with Gasteiger partial charge in [-0.3, -0.25) is 0 Å². The van der Waals surface area contributed by atoms with E-state index in [1.165, 1.54) is 278 Å². The molecule has 72 heavy (non-hydrogen) atoms. The molecule has 2 nitrogen and oxygen atoms in total. The molecule has 0 aliphatic carbocycles. The standard InChI is InChI=1S/C63H106N2.2C3H7.Pd/c1-9-14-16-18-20-21-22-23-24-25-26-27-28-29-30-31-32-33-34-35-36-37-38-40-42-47-61-60(46-41-39-19-17-15-10-2)62(57-48-52(6)54(8)53(7)49-57)65(64)63(61)58-50-55(43-11-3)59(45-13-5)56(51-58)44-12-4;2*1-3-2;/h48-51H,9-47H2,1-8H3;2*1,3H2,2H3;. The Balaban J connectivity index is 0.00000235. The minimum absolute atomic E-state index is 1.04. The summed E-state index contributed by atoms with van der Waals surface area (Å²) < 4.78 is 1.67. The van der Waals surface area contributed by atoms with Gasteiger partial charge in [-0.2, -0.15) is 0 Å². The number of rotatable bonds is 45. The zero-order valence-corrected chi connectivity index (χ0v) is 51.5. The molecule has 0 unspecified atom stereocenters. The molecule has 416 valence electrons. The van der Waals surface area contributed by atoms with Crippen molar-refractivity contribution in [1.29, 1.82) is 0 Å². The van der Waals surface area contributed by atoms with Gasteiger partial charge >= 0.3 is 54.5 Å². The first-order valence-electron chi connectivity index (χ1n) is 31.9. The Morgan fingerprint density at radius 2 is 0.625 bits per heavy atom. The third kappa shape index (κ3) is 27.3. The molecule has 1 aliphatic heterocycles. The van der Waals surface area contributed by atoms with Crippen molar-refractivity contribution in [2.45, 2.75) is 342 Å². The fraction of sp³-hybridized carbons (Fsp3) is 0.768. The molecular formula is C69H120N2Pd. The van der Waals surface area contributed by atoms with E-state index in [1.54, 1.807) is 10.3 Å². The van der Waals surface area contributed by atoms with E-state index in [0.717, 1.165) is 74.3 Å². The number of nitrogens with zero attached hydrogens (tertiary/aromatic N) is 2. The van der Waals surface area contributed by atoms with Gasteiger partial charge in [0.2, 0.25) is 11.4 Å². The molecule has 0 aromatic heterocycles. The monoisotopic (exact) mass is 1080 g/mol. The topological polar surface area (TPSA) is 25.3 Å². The fourth-order valence-electron chi connectivity index (χ4n) is 11.3. The van der Waals surface area contributed by atoms with E-state index >= 15 is 0 Å².